The molecule has 2 heterocycles. The smallest absolute Gasteiger partial charge is 0.387 e. The number of fused-ring (bicyclic) bond motifs is 1. The summed E-state index contributed by atoms with van der Waals surface area (Å²) >= 11 is 0. The lowest BCUT2D eigenvalue weighted by molar-refractivity contribution is -0.130. The average molecular weight is 399 g/mol. The van der Waals surface area contributed by atoms with E-state index in [-0.39, 0.29) is 29.5 Å². The Kier molecular flexibility index (Phi) is 4.99. The number of nitrogens with zero attached hydrogens (tertiary/aromatic N) is 1. The molecule has 0 N–H and O–H groups in total. The Hall–Kier alpha value is -3.68. The van der Waals surface area contributed by atoms with Gasteiger partial charge in [-0.05, 0) is 42.0 Å². The molecule has 0 bridgehead atoms. The molecule has 0 aromatic heterocycles. The Balaban J connectivity index is 1.63. The molecule has 148 valence electrons. The third-order valence-electron chi connectivity index (χ3n) is 4.23. The minimum Gasteiger partial charge on any atom is -0.497 e. The van der Waals surface area contributed by atoms with Crippen LogP contribution in [0.3, 0.4) is 0 Å². The van der Waals surface area contributed by atoms with Gasteiger partial charge in [-0.3, -0.25) is 0 Å². The minimum atomic E-state index is -3.01. The summed E-state index contributed by atoms with van der Waals surface area (Å²) in [5.41, 5.74) is 1.74. The molecule has 2 aliphatic heterocycles. The van der Waals surface area contributed by atoms with Crippen LogP contribution in [0, 0.1) is 0 Å². The second-order valence-electron chi connectivity index (χ2n) is 6.12. The maximum Gasteiger partial charge on any atom is 0.387 e. The zero-order valence-corrected chi connectivity index (χ0v) is 15.2. The van der Waals surface area contributed by atoms with Gasteiger partial charge in [-0.25, -0.2) is 9.79 Å². The predicted octanol–water partition coefficient (Wildman–Crippen LogP) is 3.96. The molecule has 4 rings (SSSR count). The molecule has 0 fully saturated rings. The first kappa shape index (κ1) is 18.7. The molecule has 0 saturated heterocycles. The second-order valence-corrected chi connectivity index (χ2v) is 6.12. The summed E-state index contributed by atoms with van der Waals surface area (Å²) < 4.78 is 45.7. The fraction of sp³-hybridized carbons (Fsp3) is 0.143. The number of ether oxygens (including phenoxy) is 4. The van der Waals surface area contributed by atoms with E-state index in [0.29, 0.717) is 17.1 Å². The lowest BCUT2D eigenvalue weighted by atomic mass is 10.1. The van der Waals surface area contributed by atoms with E-state index in [4.69, 9.17) is 14.2 Å². The van der Waals surface area contributed by atoms with Crippen molar-refractivity contribution >= 4 is 17.9 Å². The highest BCUT2D eigenvalue weighted by atomic mass is 19.3. The van der Waals surface area contributed by atoms with Crippen LogP contribution in [0.25, 0.3) is 6.08 Å². The van der Waals surface area contributed by atoms with E-state index in [0.717, 1.165) is 5.56 Å². The first-order chi connectivity index (χ1) is 14.0. The van der Waals surface area contributed by atoms with Crippen LogP contribution in [0.1, 0.15) is 11.1 Å². The van der Waals surface area contributed by atoms with Gasteiger partial charge in [-0.2, -0.15) is 8.78 Å². The molecule has 0 aliphatic carbocycles. The summed E-state index contributed by atoms with van der Waals surface area (Å²) in [6.07, 6.45) is 3.40. The molecule has 6 nitrogen and oxygen atoms in total. The highest BCUT2D eigenvalue weighted by molar-refractivity contribution is 6.12. The quantitative estimate of drug-likeness (QED) is 0.563. The van der Waals surface area contributed by atoms with E-state index >= 15 is 0 Å². The van der Waals surface area contributed by atoms with Crippen molar-refractivity contribution in [1.29, 1.82) is 0 Å². The Bertz CT molecular complexity index is 1060. The van der Waals surface area contributed by atoms with Crippen LogP contribution in [0.2, 0.25) is 0 Å². The van der Waals surface area contributed by atoms with Crippen molar-refractivity contribution in [3.05, 3.63) is 70.9 Å². The summed E-state index contributed by atoms with van der Waals surface area (Å²) in [5.74, 6) is 0.437. The molecular formula is C21H15F2NO5. The number of alkyl halides is 2. The van der Waals surface area contributed by atoms with E-state index in [1.54, 1.807) is 31.4 Å². The molecule has 0 amide bonds. The van der Waals surface area contributed by atoms with Crippen molar-refractivity contribution in [3.8, 4) is 17.2 Å². The molecular weight excluding hydrogens is 384 g/mol. The molecule has 8 heteroatoms. The molecule has 2 aromatic rings. The predicted molar refractivity (Wildman–Crippen MR) is 100 cm³/mol. The van der Waals surface area contributed by atoms with Crippen LogP contribution in [0.4, 0.5) is 8.78 Å². The Morgan fingerprint density at radius 1 is 1.21 bits per heavy atom. The summed E-state index contributed by atoms with van der Waals surface area (Å²) in [6, 6.07) is 11.4. The van der Waals surface area contributed by atoms with Gasteiger partial charge < -0.3 is 18.9 Å². The molecule has 0 saturated carbocycles. The lowest BCUT2D eigenvalue weighted by Gasteiger charge is -2.16. The Morgan fingerprint density at radius 3 is 2.83 bits per heavy atom. The number of carbonyl (C=O) groups is 1. The lowest BCUT2D eigenvalue weighted by Crippen LogP contribution is -2.10. The normalized spacial score (nSPS) is 16.7. The first-order valence-corrected chi connectivity index (χ1v) is 8.61. The van der Waals surface area contributed by atoms with Gasteiger partial charge in [0, 0.05) is 11.6 Å². The van der Waals surface area contributed by atoms with Gasteiger partial charge in [0.2, 0.25) is 5.90 Å². The molecule has 0 atom stereocenters. The molecule has 0 spiro atoms. The van der Waals surface area contributed by atoms with Gasteiger partial charge in [-0.15, -0.1) is 0 Å². The van der Waals surface area contributed by atoms with Crippen molar-refractivity contribution in [2.45, 2.75) is 6.61 Å². The monoisotopic (exact) mass is 399 g/mol. The van der Waals surface area contributed by atoms with Crippen LogP contribution < -0.4 is 14.2 Å². The van der Waals surface area contributed by atoms with E-state index in [1.807, 2.05) is 12.1 Å². The van der Waals surface area contributed by atoms with Crippen LogP contribution in [0.5, 0.6) is 17.2 Å². The second kappa shape index (κ2) is 7.75. The molecule has 2 aliphatic rings. The van der Waals surface area contributed by atoms with Gasteiger partial charge in [0.05, 0.1) is 12.7 Å². The Morgan fingerprint density at radius 2 is 2.03 bits per heavy atom. The van der Waals surface area contributed by atoms with E-state index in [1.165, 1.54) is 18.2 Å². The van der Waals surface area contributed by atoms with Gasteiger partial charge in [-0.1, -0.05) is 12.1 Å². The van der Waals surface area contributed by atoms with Gasteiger partial charge >= 0.3 is 12.6 Å². The third-order valence-corrected chi connectivity index (χ3v) is 4.23. The van der Waals surface area contributed by atoms with Crippen molar-refractivity contribution < 1.29 is 32.5 Å². The number of rotatable bonds is 5. The summed E-state index contributed by atoms with van der Waals surface area (Å²) in [7, 11) is 1.57. The van der Waals surface area contributed by atoms with Crippen molar-refractivity contribution in [2.24, 2.45) is 4.99 Å². The number of para-hydroxylation sites is 1. The van der Waals surface area contributed by atoms with Crippen LogP contribution >= 0.6 is 0 Å². The zero-order chi connectivity index (χ0) is 20.4. The standard InChI is InChI=1S/C21H15F2NO5/c1-26-14-7-6-13-8-12(11-27-18(13)10-14)9-16-20(25)29-19(24-16)15-4-2-3-5-17(15)28-21(22)23/h2-10,21H,11H2,1H3. The first-order valence-electron chi connectivity index (χ1n) is 8.61. The maximum atomic E-state index is 12.6. The van der Waals surface area contributed by atoms with Crippen LogP contribution in [0.15, 0.2) is 64.8 Å². The largest absolute Gasteiger partial charge is 0.497 e. The van der Waals surface area contributed by atoms with Crippen LogP contribution in [-0.2, 0) is 9.53 Å². The molecule has 2 aromatic carbocycles. The number of esters is 1. The van der Waals surface area contributed by atoms with E-state index < -0.39 is 12.6 Å². The Labute approximate surface area is 164 Å². The topological polar surface area (TPSA) is 66.3 Å². The maximum absolute atomic E-state index is 12.6. The zero-order valence-electron chi connectivity index (χ0n) is 15.2. The van der Waals surface area contributed by atoms with Gasteiger partial charge in [0.1, 0.15) is 23.9 Å². The minimum absolute atomic E-state index is 0.0404. The fourth-order valence-electron chi connectivity index (χ4n) is 2.91. The SMILES string of the molecule is COc1ccc2c(c1)OCC(C=C1N=C(c3ccccc3OC(F)F)OC1=O)=C2. The average Bonchev–Trinajstić information content (AvgIpc) is 3.07. The highest BCUT2D eigenvalue weighted by Gasteiger charge is 2.27. The highest BCUT2D eigenvalue weighted by Crippen LogP contribution is 2.32. The van der Waals surface area contributed by atoms with Gasteiger partial charge in [0.15, 0.2) is 5.70 Å². The van der Waals surface area contributed by atoms with Crippen LogP contribution in [-0.4, -0.2) is 32.2 Å². The van der Waals surface area contributed by atoms with Crippen molar-refractivity contribution in [3.63, 3.8) is 0 Å². The van der Waals surface area contributed by atoms with Crippen molar-refractivity contribution in [2.75, 3.05) is 13.7 Å². The molecule has 29 heavy (non-hydrogen) atoms. The van der Waals surface area contributed by atoms with E-state index in [9.17, 15) is 13.6 Å². The summed E-state index contributed by atoms with van der Waals surface area (Å²) in [6.45, 7) is -2.78. The number of aliphatic imine (C=N–C) groups is 1. The van der Waals surface area contributed by atoms with Crippen molar-refractivity contribution in [1.82, 2.24) is 0 Å². The van der Waals surface area contributed by atoms with E-state index in [2.05, 4.69) is 9.73 Å². The molecule has 0 unspecified atom stereocenters. The number of benzene rings is 2. The fourth-order valence-corrected chi connectivity index (χ4v) is 2.91. The number of carbonyl (C=O) groups excluding carboxylic acids is 1. The number of hydrogen-bond donors (Lipinski definition) is 0. The summed E-state index contributed by atoms with van der Waals surface area (Å²) in [5, 5.41) is 0. The number of cyclic esters (lactones) is 1. The van der Waals surface area contributed by atoms with Gasteiger partial charge in [0.25, 0.3) is 0 Å². The number of halogens is 2. The third kappa shape index (κ3) is 3.96. The summed E-state index contributed by atoms with van der Waals surface area (Å²) in [4.78, 5) is 16.4. The molecule has 0 radical (unpaired) electrons. The number of hydrogen-bond acceptors (Lipinski definition) is 6. The number of methoxy groups -OCH3 is 1.